The molecule has 0 saturated carbocycles. The number of aryl methyl sites for hydroxylation is 1. The third kappa shape index (κ3) is 4.33. The molecule has 122 valence electrons. The highest BCUT2D eigenvalue weighted by Crippen LogP contribution is 2.18. The number of carbonyl (C=O) groups excluding carboxylic acids is 1. The van der Waals surface area contributed by atoms with E-state index in [-0.39, 0.29) is 11.9 Å². The van der Waals surface area contributed by atoms with E-state index in [2.05, 4.69) is 18.7 Å². The van der Waals surface area contributed by atoms with Crippen molar-refractivity contribution in [2.75, 3.05) is 26.7 Å². The molecule has 1 fully saturated rings. The Morgan fingerprint density at radius 3 is 2.50 bits per heavy atom. The molecule has 1 atom stereocenters. The van der Waals surface area contributed by atoms with Crippen LogP contribution in [-0.4, -0.2) is 48.4 Å². The molecule has 3 heteroatoms. The number of nitrogens with zero attached hydrogens (tertiary/aromatic N) is 2. The number of carbonyl (C=O) groups is 1. The van der Waals surface area contributed by atoms with Crippen molar-refractivity contribution in [3.05, 3.63) is 35.4 Å². The lowest BCUT2D eigenvalue weighted by molar-refractivity contribution is 0.0611. The lowest BCUT2D eigenvalue weighted by atomic mass is 9.99. The second-order valence-electron chi connectivity index (χ2n) is 6.96. The second-order valence-corrected chi connectivity index (χ2v) is 6.96. The van der Waals surface area contributed by atoms with Gasteiger partial charge in [-0.2, -0.15) is 0 Å². The normalized spacial score (nSPS) is 17.5. The second kappa shape index (κ2) is 7.77. The van der Waals surface area contributed by atoms with E-state index in [0.717, 1.165) is 17.7 Å². The number of hydrogen-bond donors (Lipinski definition) is 0. The first-order valence-corrected chi connectivity index (χ1v) is 8.55. The first-order chi connectivity index (χ1) is 10.5. The number of likely N-dealkylation sites (tertiary alicyclic amines) is 1. The van der Waals surface area contributed by atoms with Crippen LogP contribution in [0.1, 0.15) is 49.0 Å². The highest BCUT2D eigenvalue weighted by atomic mass is 16.2. The minimum absolute atomic E-state index is 0.138. The van der Waals surface area contributed by atoms with Gasteiger partial charge in [0.15, 0.2) is 0 Å². The van der Waals surface area contributed by atoms with Crippen LogP contribution in [0.3, 0.4) is 0 Å². The summed E-state index contributed by atoms with van der Waals surface area (Å²) in [5, 5.41) is 0. The largest absolute Gasteiger partial charge is 0.337 e. The van der Waals surface area contributed by atoms with Gasteiger partial charge in [0.2, 0.25) is 0 Å². The third-order valence-electron chi connectivity index (χ3n) is 4.75. The van der Waals surface area contributed by atoms with Gasteiger partial charge in [0.25, 0.3) is 5.91 Å². The standard InChI is InChI=1S/C19H30N2O/c1-15(2)18(14-21-11-6-5-7-12-21)20(4)19(22)17-10-8-9-16(3)13-17/h8-10,13,15,18H,5-7,11-12,14H2,1-4H3/t18-/m1/s1. The van der Waals surface area contributed by atoms with Crippen molar-refractivity contribution in [1.29, 1.82) is 0 Å². The van der Waals surface area contributed by atoms with Gasteiger partial charge >= 0.3 is 0 Å². The molecule has 1 aromatic rings. The maximum Gasteiger partial charge on any atom is 0.253 e. The number of likely N-dealkylation sites (N-methyl/N-ethyl adjacent to an activating group) is 1. The zero-order valence-corrected chi connectivity index (χ0v) is 14.5. The molecule has 1 amide bonds. The Hall–Kier alpha value is -1.35. The summed E-state index contributed by atoms with van der Waals surface area (Å²) in [6.45, 7) is 9.81. The first kappa shape index (κ1) is 17.0. The van der Waals surface area contributed by atoms with E-state index in [9.17, 15) is 4.79 Å². The van der Waals surface area contributed by atoms with Crippen molar-refractivity contribution in [3.63, 3.8) is 0 Å². The predicted octanol–water partition coefficient (Wildman–Crippen LogP) is 3.58. The summed E-state index contributed by atoms with van der Waals surface area (Å²) >= 11 is 0. The molecule has 1 heterocycles. The average Bonchev–Trinajstić information content (AvgIpc) is 2.52. The van der Waals surface area contributed by atoms with E-state index in [1.165, 1.54) is 32.4 Å². The monoisotopic (exact) mass is 302 g/mol. The lowest BCUT2D eigenvalue weighted by Crippen LogP contribution is -2.48. The summed E-state index contributed by atoms with van der Waals surface area (Å²) in [5.41, 5.74) is 1.93. The van der Waals surface area contributed by atoms with Crippen LogP contribution in [0.25, 0.3) is 0 Å². The van der Waals surface area contributed by atoms with Crippen molar-refractivity contribution in [2.45, 2.75) is 46.1 Å². The summed E-state index contributed by atoms with van der Waals surface area (Å²) in [7, 11) is 1.96. The zero-order valence-electron chi connectivity index (χ0n) is 14.5. The summed E-state index contributed by atoms with van der Waals surface area (Å²) in [6.07, 6.45) is 3.93. The molecule has 3 nitrogen and oxygen atoms in total. The van der Waals surface area contributed by atoms with Gasteiger partial charge in [0.1, 0.15) is 0 Å². The SMILES string of the molecule is Cc1cccc(C(=O)N(C)[C@H](CN2CCCCC2)C(C)C)c1. The predicted molar refractivity (Wildman–Crippen MR) is 92.2 cm³/mol. The lowest BCUT2D eigenvalue weighted by Gasteiger charge is -2.37. The Labute approximate surface area is 135 Å². The van der Waals surface area contributed by atoms with Crippen molar-refractivity contribution < 1.29 is 4.79 Å². The molecule has 0 spiro atoms. The minimum atomic E-state index is 0.138. The van der Waals surface area contributed by atoms with Gasteiger partial charge in [-0.25, -0.2) is 0 Å². The quantitative estimate of drug-likeness (QED) is 0.830. The van der Waals surface area contributed by atoms with Crippen LogP contribution in [0.4, 0.5) is 0 Å². The van der Waals surface area contributed by atoms with Gasteiger partial charge in [-0.15, -0.1) is 0 Å². The van der Waals surface area contributed by atoms with Gasteiger partial charge in [-0.05, 0) is 50.9 Å². The van der Waals surface area contributed by atoms with Gasteiger partial charge < -0.3 is 9.80 Å². The Bertz CT molecular complexity index is 492. The molecule has 1 aliphatic rings. The molecule has 0 aromatic heterocycles. The molecule has 22 heavy (non-hydrogen) atoms. The fraction of sp³-hybridized carbons (Fsp3) is 0.632. The number of hydrogen-bond acceptors (Lipinski definition) is 2. The van der Waals surface area contributed by atoms with E-state index in [0.29, 0.717) is 5.92 Å². The van der Waals surface area contributed by atoms with Gasteiger partial charge in [-0.1, -0.05) is 38.0 Å². The highest BCUT2D eigenvalue weighted by Gasteiger charge is 2.26. The van der Waals surface area contributed by atoms with Gasteiger partial charge in [-0.3, -0.25) is 4.79 Å². The molecule has 1 saturated heterocycles. The smallest absolute Gasteiger partial charge is 0.253 e. The minimum Gasteiger partial charge on any atom is -0.337 e. The zero-order chi connectivity index (χ0) is 16.1. The highest BCUT2D eigenvalue weighted by molar-refractivity contribution is 5.94. The summed E-state index contributed by atoms with van der Waals surface area (Å²) in [6, 6.07) is 8.17. The molecule has 2 rings (SSSR count). The van der Waals surface area contributed by atoms with Crippen LogP contribution < -0.4 is 0 Å². The van der Waals surface area contributed by atoms with Crippen LogP contribution in [0.5, 0.6) is 0 Å². The Balaban J connectivity index is 2.08. The topological polar surface area (TPSA) is 23.6 Å². The van der Waals surface area contributed by atoms with E-state index in [1.807, 2.05) is 43.1 Å². The number of benzene rings is 1. The van der Waals surface area contributed by atoms with Gasteiger partial charge in [0.05, 0.1) is 0 Å². The molecule has 1 aliphatic heterocycles. The van der Waals surface area contributed by atoms with Crippen molar-refractivity contribution >= 4 is 5.91 Å². The molecule has 0 aliphatic carbocycles. The van der Waals surface area contributed by atoms with Crippen LogP contribution in [-0.2, 0) is 0 Å². The van der Waals surface area contributed by atoms with Gasteiger partial charge in [0, 0.05) is 25.2 Å². The molecule has 0 bridgehead atoms. The van der Waals surface area contributed by atoms with Crippen molar-refractivity contribution in [3.8, 4) is 0 Å². The molecule has 0 radical (unpaired) electrons. The van der Waals surface area contributed by atoms with E-state index >= 15 is 0 Å². The first-order valence-electron chi connectivity index (χ1n) is 8.55. The number of rotatable bonds is 5. The van der Waals surface area contributed by atoms with E-state index in [4.69, 9.17) is 0 Å². The summed E-state index contributed by atoms with van der Waals surface area (Å²) in [4.78, 5) is 17.3. The van der Waals surface area contributed by atoms with E-state index < -0.39 is 0 Å². The molecule has 0 unspecified atom stereocenters. The van der Waals surface area contributed by atoms with Crippen LogP contribution in [0.15, 0.2) is 24.3 Å². The third-order valence-corrected chi connectivity index (χ3v) is 4.75. The average molecular weight is 302 g/mol. The Kier molecular flexibility index (Phi) is 6.01. The van der Waals surface area contributed by atoms with E-state index in [1.54, 1.807) is 0 Å². The summed E-state index contributed by atoms with van der Waals surface area (Å²) < 4.78 is 0. The molecule has 0 N–H and O–H groups in total. The Morgan fingerprint density at radius 2 is 1.91 bits per heavy atom. The van der Waals surface area contributed by atoms with Crippen LogP contribution in [0, 0.1) is 12.8 Å². The maximum atomic E-state index is 12.8. The van der Waals surface area contributed by atoms with Crippen molar-refractivity contribution in [2.24, 2.45) is 5.92 Å². The Morgan fingerprint density at radius 1 is 1.23 bits per heavy atom. The molecule has 1 aromatic carbocycles. The molecular formula is C19H30N2O. The number of amides is 1. The van der Waals surface area contributed by atoms with Crippen LogP contribution in [0.2, 0.25) is 0 Å². The fourth-order valence-electron chi connectivity index (χ4n) is 3.32. The maximum absolute atomic E-state index is 12.8. The summed E-state index contributed by atoms with van der Waals surface area (Å²) in [5.74, 6) is 0.597. The van der Waals surface area contributed by atoms with Crippen molar-refractivity contribution in [1.82, 2.24) is 9.80 Å². The van der Waals surface area contributed by atoms with Crippen LogP contribution >= 0.6 is 0 Å². The number of piperidine rings is 1. The fourth-order valence-corrected chi connectivity index (χ4v) is 3.32. The molecular weight excluding hydrogens is 272 g/mol.